The van der Waals surface area contributed by atoms with Crippen molar-refractivity contribution in [2.45, 2.75) is 18.6 Å². The Kier molecular flexibility index (Phi) is 19.0. The van der Waals surface area contributed by atoms with Crippen molar-refractivity contribution in [1.82, 2.24) is 9.80 Å². The summed E-state index contributed by atoms with van der Waals surface area (Å²) in [5.74, 6) is -5.60. The number of hydrogen-bond acceptors (Lipinski definition) is 8. The lowest BCUT2D eigenvalue weighted by molar-refractivity contribution is -0.134. The maximum absolute atomic E-state index is 13.4. The van der Waals surface area contributed by atoms with Gasteiger partial charge < -0.3 is 29.9 Å². The first kappa shape index (κ1) is 41.9. The van der Waals surface area contributed by atoms with E-state index in [-0.39, 0.29) is 23.8 Å². The molecule has 0 saturated carbocycles. The Labute approximate surface area is 294 Å². The third-order valence-electron chi connectivity index (χ3n) is 7.34. The highest BCUT2D eigenvalue weighted by atomic mass is 19.1. The predicted molar refractivity (Wildman–Crippen MR) is 183 cm³/mol. The summed E-state index contributed by atoms with van der Waals surface area (Å²) < 4.78 is 38.9. The van der Waals surface area contributed by atoms with Crippen LogP contribution in [0, 0.1) is 11.6 Å². The Morgan fingerprint density at radius 3 is 1.47 bits per heavy atom. The highest BCUT2D eigenvalue weighted by Crippen LogP contribution is 2.26. The molecular formula is C37H42F2N2O10. The second kappa shape index (κ2) is 23.2. The number of carboxylic acid groups (broad SMARTS) is 4. The lowest BCUT2D eigenvalue weighted by Crippen LogP contribution is -2.49. The maximum Gasteiger partial charge on any atom is 0.328 e. The van der Waals surface area contributed by atoms with Gasteiger partial charge in [-0.15, -0.1) is 0 Å². The van der Waals surface area contributed by atoms with Crippen LogP contribution in [0.4, 0.5) is 8.78 Å². The highest BCUT2D eigenvalue weighted by molar-refractivity contribution is 5.90. The third kappa shape index (κ3) is 18.3. The van der Waals surface area contributed by atoms with Gasteiger partial charge in [-0.05, 0) is 47.4 Å². The highest BCUT2D eigenvalue weighted by Gasteiger charge is 2.21. The van der Waals surface area contributed by atoms with Gasteiger partial charge in [-0.3, -0.25) is 9.80 Å². The normalized spacial score (nSPS) is 14.0. The largest absolute Gasteiger partial charge is 0.478 e. The van der Waals surface area contributed by atoms with E-state index in [0.29, 0.717) is 30.9 Å². The number of hydrogen-bond donors (Lipinski definition) is 4. The minimum Gasteiger partial charge on any atom is -0.478 e. The molecule has 14 heteroatoms. The van der Waals surface area contributed by atoms with Crippen LogP contribution in [0.15, 0.2) is 103 Å². The van der Waals surface area contributed by atoms with Crippen LogP contribution in [-0.4, -0.2) is 113 Å². The molecule has 3 aromatic rings. The van der Waals surface area contributed by atoms with Crippen LogP contribution in [-0.2, 0) is 35.1 Å². The lowest BCUT2D eigenvalue weighted by atomic mass is 10.0. The van der Waals surface area contributed by atoms with E-state index in [4.69, 9.17) is 29.9 Å². The van der Waals surface area contributed by atoms with Gasteiger partial charge in [0.15, 0.2) is 0 Å². The molecule has 0 bridgehead atoms. The Balaban J connectivity index is 0.000000468. The summed E-state index contributed by atoms with van der Waals surface area (Å²) in [4.78, 5) is 43.1. The molecule has 0 aromatic heterocycles. The molecule has 1 heterocycles. The first-order chi connectivity index (χ1) is 24.4. The number of piperazine rings is 1. The van der Waals surface area contributed by atoms with Crippen molar-refractivity contribution in [2.24, 2.45) is 0 Å². The fourth-order valence-corrected chi connectivity index (χ4v) is 4.83. The van der Waals surface area contributed by atoms with Crippen molar-refractivity contribution in [3.05, 3.63) is 131 Å². The summed E-state index contributed by atoms with van der Waals surface area (Å²) in [6, 6.07) is 23.1. The summed E-state index contributed by atoms with van der Waals surface area (Å²) in [6.07, 6.45) is 2.96. The summed E-state index contributed by atoms with van der Waals surface area (Å²) in [6.45, 7) is 6.21. The van der Waals surface area contributed by atoms with E-state index in [1.54, 1.807) is 31.4 Å². The minimum atomic E-state index is -1.26. The Bertz CT molecular complexity index is 1450. The molecule has 3 aromatic carbocycles. The smallest absolute Gasteiger partial charge is 0.328 e. The number of halogens is 2. The van der Waals surface area contributed by atoms with Gasteiger partial charge in [0.1, 0.15) is 17.7 Å². The van der Waals surface area contributed by atoms with Crippen molar-refractivity contribution >= 4 is 23.9 Å². The van der Waals surface area contributed by atoms with Crippen molar-refractivity contribution in [3.8, 4) is 0 Å². The zero-order chi connectivity index (χ0) is 37.6. The molecular weight excluding hydrogens is 670 g/mol. The SMILES string of the molecule is CO[C@H](Cc1ccccc1)CN1CCN(CCOC(c2ccc(F)cc2)c2ccc(F)cc2)CC1.O=C(O)/C=C\C(=O)O.O=C(O)/C=C\C(=O)O. The van der Waals surface area contributed by atoms with Crippen LogP contribution < -0.4 is 0 Å². The average molecular weight is 713 g/mol. The number of methoxy groups -OCH3 is 1. The second-order valence-corrected chi connectivity index (χ2v) is 11.1. The molecule has 12 nitrogen and oxygen atoms in total. The molecule has 1 fully saturated rings. The molecule has 0 aliphatic carbocycles. The summed E-state index contributed by atoms with van der Waals surface area (Å²) >= 11 is 0. The van der Waals surface area contributed by atoms with Gasteiger partial charge in [0.2, 0.25) is 0 Å². The van der Waals surface area contributed by atoms with Crippen LogP contribution >= 0.6 is 0 Å². The number of benzene rings is 3. The molecule has 0 radical (unpaired) electrons. The van der Waals surface area contributed by atoms with Crippen LogP contribution in [0.1, 0.15) is 22.8 Å². The van der Waals surface area contributed by atoms with Gasteiger partial charge in [0, 0.05) is 70.7 Å². The van der Waals surface area contributed by atoms with Crippen LogP contribution in [0.25, 0.3) is 0 Å². The van der Waals surface area contributed by atoms with Gasteiger partial charge in [-0.2, -0.15) is 0 Å². The van der Waals surface area contributed by atoms with E-state index in [2.05, 4.69) is 34.1 Å². The maximum atomic E-state index is 13.4. The summed E-state index contributed by atoms with van der Waals surface area (Å²) in [7, 11) is 1.79. The molecule has 0 unspecified atom stereocenters. The van der Waals surface area contributed by atoms with Crippen molar-refractivity contribution < 1.29 is 57.9 Å². The second-order valence-electron chi connectivity index (χ2n) is 11.1. The fourth-order valence-electron chi connectivity index (χ4n) is 4.83. The zero-order valence-corrected chi connectivity index (χ0v) is 28.0. The van der Waals surface area contributed by atoms with Crippen LogP contribution in [0.5, 0.6) is 0 Å². The first-order valence-corrected chi connectivity index (χ1v) is 15.8. The first-order valence-electron chi connectivity index (χ1n) is 15.8. The molecule has 1 saturated heterocycles. The number of ether oxygens (including phenoxy) is 2. The summed E-state index contributed by atoms with van der Waals surface area (Å²) in [5, 5.41) is 31.2. The molecule has 1 aliphatic rings. The van der Waals surface area contributed by atoms with Crippen molar-refractivity contribution in [2.75, 3.05) is 53.0 Å². The molecule has 0 amide bonds. The van der Waals surface area contributed by atoms with Crippen molar-refractivity contribution in [3.63, 3.8) is 0 Å². The fraction of sp³-hybridized carbons (Fsp3) is 0.297. The molecule has 4 N–H and O–H groups in total. The molecule has 1 aliphatic heterocycles. The number of nitrogens with zero attached hydrogens (tertiary/aromatic N) is 2. The Hall–Kier alpha value is -5.28. The van der Waals surface area contributed by atoms with Crippen molar-refractivity contribution in [1.29, 1.82) is 0 Å². The molecule has 0 spiro atoms. The number of carboxylic acids is 4. The third-order valence-corrected chi connectivity index (χ3v) is 7.34. The molecule has 51 heavy (non-hydrogen) atoms. The molecule has 4 rings (SSSR count). The number of rotatable bonds is 15. The predicted octanol–water partition coefficient (Wildman–Crippen LogP) is 4.37. The van der Waals surface area contributed by atoms with Gasteiger partial charge in [0.25, 0.3) is 0 Å². The summed E-state index contributed by atoms with van der Waals surface area (Å²) in [5.41, 5.74) is 3.01. The topological polar surface area (TPSA) is 174 Å². The standard InChI is InChI=1S/C29H34F2N2O2.2C4H4O4/c1-34-28(21-23-5-3-2-4-6-23)22-33-17-15-32(16-18-33)19-20-35-29(24-7-11-26(30)12-8-24)25-9-13-27(31)14-10-25;2*5-3(6)1-2-4(7)8/h2-14,28-29H,15-22H2,1H3;2*1-2H,(H,5,6)(H,7,8)/b;2*2-1-/t28-;;/m1../s1. The van der Waals surface area contributed by atoms with E-state index in [1.807, 2.05) is 6.07 Å². The van der Waals surface area contributed by atoms with E-state index in [1.165, 1.54) is 29.8 Å². The van der Waals surface area contributed by atoms with Gasteiger partial charge in [0.05, 0.1) is 12.7 Å². The quantitative estimate of drug-likeness (QED) is 0.164. The van der Waals surface area contributed by atoms with E-state index < -0.39 is 23.9 Å². The minimum absolute atomic E-state index is 0.180. The zero-order valence-electron chi connectivity index (χ0n) is 28.0. The number of aliphatic carboxylic acids is 4. The molecule has 274 valence electrons. The van der Waals surface area contributed by atoms with Crippen LogP contribution in [0.3, 0.4) is 0 Å². The number of carbonyl (C=O) groups is 4. The lowest BCUT2D eigenvalue weighted by Gasteiger charge is -2.36. The van der Waals surface area contributed by atoms with E-state index >= 15 is 0 Å². The van der Waals surface area contributed by atoms with Gasteiger partial charge >= 0.3 is 23.9 Å². The Morgan fingerprint density at radius 1 is 0.667 bits per heavy atom. The average Bonchev–Trinajstić information content (AvgIpc) is 3.11. The van der Waals surface area contributed by atoms with E-state index in [0.717, 1.165) is 56.8 Å². The van der Waals surface area contributed by atoms with Gasteiger partial charge in [-0.1, -0.05) is 54.6 Å². The Morgan fingerprint density at radius 2 is 1.08 bits per heavy atom. The van der Waals surface area contributed by atoms with E-state index in [9.17, 15) is 28.0 Å². The molecule has 1 atom stereocenters. The monoisotopic (exact) mass is 712 g/mol. The van der Waals surface area contributed by atoms with Gasteiger partial charge in [-0.25, -0.2) is 28.0 Å². The van der Waals surface area contributed by atoms with Crippen LogP contribution in [0.2, 0.25) is 0 Å².